The Balaban J connectivity index is 1.51. The van der Waals surface area contributed by atoms with E-state index in [-0.39, 0.29) is 24.3 Å². The van der Waals surface area contributed by atoms with E-state index >= 15 is 0 Å². The first-order chi connectivity index (χ1) is 16.4. The van der Waals surface area contributed by atoms with Crippen LogP contribution in [0.5, 0.6) is 5.75 Å². The van der Waals surface area contributed by atoms with Gasteiger partial charge in [-0.05, 0) is 43.3 Å². The molecule has 174 valence electrons. The molecular formula is C26H24FN3O3S. The zero-order chi connectivity index (χ0) is 23.9. The molecule has 1 atom stereocenters. The van der Waals surface area contributed by atoms with Crippen molar-refractivity contribution in [2.45, 2.75) is 18.3 Å². The highest BCUT2D eigenvalue weighted by Gasteiger charge is 2.59. The minimum Gasteiger partial charge on any atom is -0.497 e. The standard InChI is InChI=1S/C26H24FN3O3S/c1-17-7-12-23-21(15-17)26(24(31)29(23)16-18-5-3-4-6-22(18)27)30(13-14-34-26)25(32)28-19-8-10-20(33-2)11-9-19/h3-12,15H,13-14,16H2,1-2H3,(H,28,32)/t26-/m0/s1. The number of anilines is 2. The Morgan fingerprint density at radius 3 is 2.65 bits per heavy atom. The Labute approximate surface area is 201 Å². The molecule has 2 aliphatic heterocycles. The number of carbonyl (C=O) groups is 2. The van der Waals surface area contributed by atoms with Crippen molar-refractivity contribution in [1.29, 1.82) is 0 Å². The number of hydrogen-bond donors (Lipinski definition) is 1. The van der Waals surface area contributed by atoms with Crippen LogP contribution in [-0.2, 0) is 16.2 Å². The SMILES string of the molecule is COc1ccc(NC(=O)N2CCS[C@@]23C(=O)N(Cc2ccccc2F)c2ccc(C)cc23)cc1. The van der Waals surface area contributed by atoms with Crippen LogP contribution >= 0.6 is 11.8 Å². The second-order valence-electron chi connectivity index (χ2n) is 8.31. The number of nitrogens with zero attached hydrogens (tertiary/aromatic N) is 2. The van der Waals surface area contributed by atoms with Crippen molar-refractivity contribution in [1.82, 2.24) is 4.90 Å². The maximum atomic E-state index is 14.5. The van der Waals surface area contributed by atoms with Crippen LogP contribution in [0.25, 0.3) is 0 Å². The number of thioether (sulfide) groups is 1. The Morgan fingerprint density at radius 2 is 1.91 bits per heavy atom. The highest BCUT2D eigenvalue weighted by atomic mass is 32.2. The zero-order valence-corrected chi connectivity index (χ0v) is 19.7. The molecule has 0 bridgehead atoms. The monoisotopic (exact) mass is 477 g/mol. The van der Waals surface area contributed by atoms with Crippen LogP contribution in [0, 0.1) is 12.7 Å². The topological polar surface area (TPSA) is 61.9 Å². The lowest BCUT2D eigenvalue weighted by atomic mass is 10.0. The van der Waals surface area contributed by atoms with E-state index in [0.717, 1.165) is 11.1 Å². The minimum absolute atomic E-state index is 0.0951. The second-order valence-corrected chi connectivity index (χ2v) is 9.59. The first-order valence-electron chi connectivity index (χ1n) is 11.0. The number of hydrogen-bond acceptors (Lipinski definition) is 4. The molecule has 0 aliphatic carbocycles. The number of aryl methyl sites for hydroxylation is 1. The second kappa shape index (κ2) is 8.68. The van der Waals surface area contributed by atoms with Crippen molar-refractivity contribution < 1.29 is 18.7 Å². The first-order valence-corrected chi connectivity index (χ1v) is 12.0. The smallest absolute Gasteiger partial charge is 0.323 e. The molecule has 0 unspecified atom stereocenters. The van der Waals surface area contributed by atoms with E-state index in [2.05, 4.69) is 5.32 Å². The highest BCUT2D eigenvalue weighted by molar-refractivity contribution is 8.01. The van der Waals surface area contributed by atoms with Gasteiger partial charge in [0.05, 0.1) is 19.3 Å². The summed E-state index contributed by atoms with van der Waals surface area (Å²) in [5.41, 5.74) is 3.49. The van der Waals surface area contributed by atoms with Gasteiger partial charge in [-0.3, -0.25) is 9.69 Å². The Morgan fingerprint density at radius 1 is 1.15 bits per heavy atom. The Kier molecular flexibility index (Phi) is 5.69. The molecule has 0 saturated carbocycles. The van der Waals surface area contributed by atoms with E-state index in [1.807, 2.05) is 25.1 Å². The quantitative estimate of drug-likeness (QED) is 0.566. The largest absolute Gasteiger partial charge is 0.497 e. The number of fused-ring (bicyclic) bond motifs is 2. The van der Waals surface area contributed by atoms with E-state index in [4.69, 9.17) is 4.74 Å². The fraction of sp³-hybridized carbons (Fsp3) is 0.231. The first kappa shape index (κ1) is 22.3. The van der Waals surface area contributed by atoms with Crippen LogP contribution in [0.1, 0.15) is 16.7 Å². The maximum absolute atomic E-state index is 14.5. The summed E-state index contributed by atoms with van der Waals surface area (Å²) in [4.78, 5) is 29.4. The fourth-order valence-electron chi connectivity index (χ4n) is 4.55. The number of carbonyl (C=O) groups excluding carboxylic acids is 2. The summed E-state index contributed by atoms with van der Waals surface area (Å²) >= 11 is 1.44. The van der Waals surface area contributed by atoms with Gasteiger partial charge in [-0.15, -0.1) is 11.8 Å². The lowest BCUT2D eigenvalue weighted by Gasteiger charge is -2.33. The molecule has 2 aliphatic rings. The van der Waals surface area contributed by atoms with Gasteiger partial charge in [0.1, 0.15) is 11.6 Å². The van der Waals surface area contributed by atoms with Gasteiger partial charge in [0.15, 0.2) is 4.87 Å². The van der Waals surface area contributed by atoms with Crippen molar-refractivity contribution in [3.8, 4) is 5.75 Å². The van der Waals surface area contributed by atoms with Crippen LogP contribution in [0.15, 0.2) is 66.7 Å². The van der Waals surface area contributed by atoms with Gasteiger partial charge >= 0.3 is 6.03 Å². The molecule has 1 fully saturated rings. The molecule has 0 aromatic heterocycles. The molecule has 3 aromatic rings. The highest BCUT2D eigenvalue weighted by Crippen LogP contribution is 2.54. The fourth-order valence-corrected chi connectivity index (χ4v) is 6.00. The van der Waals surface area contributed by atoms with Gasteiger partial charge in [-0.25, -0.2) is 9.18 Å². The molecular weight excluding hydrogens is 453 g/mol. The third kappa shape index (κ3) is 3.58. The molecule has 0 radical (unpaired) electrons. The van der Waals surface area contributed by atoms with Gasteiger partial charge in [0, 0.05) is 29.1 Å². The number of halogens is 1. The predicted molar refractivity (Wildman–Crippen MR) is 132 cm³/mol. The van der Waals surface area contributed by atoms with Crippen molar-refractivity contribution >= 4 is 35.1 Å². The number of amides is 3. The zero-order valence-electron chi connectivity index (χ0n) is 18.9. The van der Waals surface area contributed by atoms with Crippen LogP contribution in [0.2, 0.25) is 0 Å². The lowest BCUT2D eigenvalue weighted by Crippen LogP contribution is -2.51. The summed E-state index contributed by atoms with van der Waals surface area (Å²) in [6, 6.07) is 18.9. The average Bonchev–Trinajstić information content (AvgIpc) is 3.38. The normalized spacial score (nSPS) is 19.0. The van der Waals surface area contributed by atoms with Crippen molar-refractivity contribution in [2.24, 2.45) is 0 Å². The van der Waals surface area contributed by atoms with E-state index in [9.17, 15) is 14.0 Å². The Hall–Kier alpha value is -3.52. The molecule has 3 aromatic carbocycles. The molecule has 34 heavy (non-hydrogen) atoms. The number of benzene rings is 3. The third-order valence-corrected chi connectivity index (χ3v) is 7.64. The van der Waals surface area contributed by atoms with Crippen molar-refractivity contribution in [3.63, 3.8) is 0 Å². The van der Waals surface area contributed by atoms with Gasteiger partial charge in [0.2, 0.25) is 0 Å². The minimum atomic E-state index is -1.19. The molecule has 3 amide bonds. The Bertz CT molecular complexity index is 1270. The number of urea groups is 1. The van der Waals surface area contributed by atoms with Crippen LogP contribution < -0.4 is 15.0 Å². The van der Waals surface area contributed by atoms with Gasteiger partial charge in [-0.1, -0.05) is 35.9 Å². The molecule has 2 heterocycles. The van der Waals surface area contributed by atoms with Gasteiger partial charge in [-0.2, -0.15) is 0 Å². The van der Waals surface area contributed by atoms with Crippen LogP contribution in [0.3, 0.4) is 0 Å². The average molecular weight is 478 g/mol. The molecule has 6 nitrogen and oxygen atoms in total. The van der Waals surface area contributed by atoms with E-state index in [1.54, 1.807) is 59.4 Å². The van der Waals surface area contributed by atoms with Crippen LogP contribution in [0.4, 0.5) is 20.6 Å². The number of rotatable bonds is 4. The van der Waals surface area contributed by atoms with Gasteiger partial charge < -0.3 is 15.0 Å². The summed E-state index contributed by atoms with van der Waals surface area (Å²) in [5, 5.41) is 2.91. The van der Waals surface area contributed by atoms with Crippen LogP contribution in [-0.4, -0.2) is 36.2 Å². The summed E-state index contributed by atoms with van der Waals surface area (Å²) in [6.07, 6.45) is 0. The number of ether oxygens (including phenoxy) is 1. The molecule has 8 heteroatoms. The number of nitrogens with one attached hydrogen (secondary N) is 1. The van der Waals surface area contributed by atoms with E-state index in [1.165, 1.54) is 17.8 Å². The molecule has 1 N–H and O–H groups in total. The third-order valence-electron chi connectivity index (χ3n) is 6.22. The maximum Gasteiger partial charge on any atom is 0.323 e. The van der Waals surface area contributed by atoms with Crippen molar-refractivity contribution in [3.05, 3.63) is 89.2 Å². The lowest BCUT2D eigenvalue weighted by molar-refractivity contribution is -0.123. The predicted octanol–water partition coefficient (Wildman–Crippen LogP) is 5.12. The van der Waals surface area contributed by atoms with Crippen molar-refractivity contribution in [2.75, 3.05) is 29.6 Å². The number of methoxy groups -OCH3 is 1. The van der Waals surface area contributed by atoms with Gasteiger partial charge in [0.25, 0.3) is 5.91 Å². The summed E-state index contributed by atoms with van der Waals surface area (Å²) in [5.74, 6) is 0.704. The molecule has 5 rings (SSSR count). The van der Waals surface area contributed by atoms with E-state index in [0.29, 0.717) is 35.0 Å². The summed E-state index contributed by atoms with van der Waals surface area (Å²) < 4.78 is 19.6. The van der Waals surface area contributed by atoms with E-state index < -0.39 is 4.87 Å². The molecule has 1 saturated heterocycles. The molecule has 1 spiro atoms. The summed E-state index contributed by atoms with van der Waals surface area (Å²) in [6.45, 7) is 2.47. The summed E-state index contributed by atoms with van der Waals surface area (Å²) in [7, 11) is 1.58.